The highest BCUT2D eigenvalue weighted by atomic mass is 35.5. The molecule has 0 aliphatic heterocycles. The highest BCUT2D eigenvalue weighted by Gasteiger charge is 2.14. The van der Waals surface area contributed by atoms with Gasteiger partial charge in [-0.15, -0.1) is 0 Å². The number of likely N-dealkylation sites (N-methyl/N-ethyl adjacent to an activating group) is 1. The summed E-state index contributed by atoms with van der Waals surface area (Å²) in [6.45, 7) is 6.74. The van der Waals surface area contributed by atoms with Crippen molar-refractivity contribution < 1.29 is 14.3 Å². The van der Waals surface area contributed by atoms with Crippen molar-refractivity contribution in [1.82, 2.24) is 14.9 Å². The van der Waals surface area contributed by atoms with Crippen LogP contribution in [0.25, 0.3) is 0 Å². The lowest BCUT2D eigenvalue weighted by Gasteiger charge is -2.22. The summed E-state index contributed by atoms with van der Waals surface area (Å²) < 4.78 is 10.7. The van der Waals surface area contributed by atoms with E-state index in [1.54, 1.807) is 19.1 Å². The van der Waals surface area contributed by atoms with Gasteiger partial charge in [-0.05, 0) is 54.7 Å². The van der Waals surface area contributed by atoms with E-state index in [1.807, 2.05) is 55.6 Å². The minimum atomic E-state index is -0.0200. The van der Waals surface area contributed by atoms with Crippen LogP contribution in [0, 0.1) is 0 Å². The van der Waals surface area contributed by atoms with Crippen molar-refractivity contribution in [1.29, 1.82) is 0 Å². The van der Waals surface area contributed by atoms with E-state index in [1.165, 1.54) is 11.8 Å². The third-order valence-electron chi connectivity index (χ3n) is 6.04. The molecular formula is C29H37ClN4O3S. The van der Waals surface area contributed by atoms with E-state index < -0.39 is 0 Å². The Hall–Kier alpha value is -2.97. The monoisotopic (exact) mass is 556 g/mol. The average molecular weight is 557 g/mol. The predicted octanol–water partition coefficient (Wildman–Crippen LogP) is 6.38. The Morgan fingerprint density at radius 3 is 2.34 bits per heavy atom. The summed E-state index contributed by atoms with van der Waals surface area (Å²) in [5.74, 6) is 2.85. The highest BCUT2D eigenvalue weighted by Crippen LogP contribution is 2.28. The predicted molar refractivity (Wildman–Crippen MR) is 156 cm³/mol. The zero-order chi connectivity index (χ0) is 27.5. The summed E-state index contributed by atoms with van der Waals surface area (Å²) in [6, 6.07) is 15.4. The van der Waals surface area contributed by atoms with Crippen LogP contribution < -0.4 is 14.4 Å². The number of anilines is 1. The van der Waals surface area contributed by atoms with Crippen LogP contribution in [0.1, 0.15) is 48.2 Å². The first-order valence-electron chi connectivity index (χ1n) is 12.9. The molecule has 3 rings (SSSR count). The zero-order valence-corrected chi connectivity index (χ0v) is 24.4. The molecule has 0 atom stereocenters. The van der Waals surface area contributed by atoms with Crippen LogP contribution in [-0.4, -0.2) is 61.7 Å². The number of aromatic nitrogens is 2. The Bertz CT molecular complexity index is 1200. The summed E-state index contributed by atoms with van der Waals surface area (Å²) in [5.41, 5.74) is 2.76. The van der Waals surface area contributed by atoms with Gasteiger partial charge in [0, 0.05) is 44.1 Å². The lowest BCUT2D eigenvalue weighted by molar-refractivity contribution is 0.0796. The molecule has 0 unspecified atom stereocenters. The molecule has 38 heavy (non-hydrogen) atoms. The normalized spacial score (nSPS) is 10.8. The molecule has 0 saturated heterocycles. The third kappa shape index (κ3) is 8.27. The first-order valence-corrected chi connectivity index (χ1v) is 14.2. The van der Waals surface area contributed by atoms with Crippen molar-refractivity contribution in [3.63, 3.8) is 0 Å². The molecule has 0 fully saturated rings. The van der Waals surface area contributed by atoms with E-state index in [4.69, 9.17) is 26.1 Å². The summed E-state index contributed by atoms with van der Waals surface area (Å²) in [5, 5.41) is 1.07. The number of benzene rings is 2. The number of thioether (sulfide) groups is 1. The van der Waals surface area contributed by atoms with Gasteiger partial charge in [-0.2, -0.15) is 0 Å². The summed E-state index contributed by atoms with van der Waals surface area (Å²) >= 11 is 7.85. The molecule has 7 nitrogen and oxygen atoms in total. The summed E-state index contributed by atoms with van der Waals surface area (Å²) in [7, 11) is 5.06. The van der Waals surface area contributed by atoms with Crippen molar-refractivity contribution >= 4 is 35.1 Å². The van der Waals surface area contributed by atoms with Gasteiger partial charge in [-0.3, -0.25) is 4.79 Å². The Labute approximate surface area is 235 Å². The Balaban J connectivity index is 1.63. The number of carbonyl (C=O) groups is 1. The Kier molecular flexibility index (Phi) is 11.5. The fourth-order valence-corrected chi connectivity index (χ4v) is 5.11. The molecule has 1 amide bonds. The smallest absolute Gasteiger partial charge is 0.253 e. The number of amides is 1. The molecular weight excluding hydrogens is 520 g/mol. The maximum absolute atomic E-state index is 13.1. The van der Waals surface area contributed by atoms with Crippen molar-refractivity contribution in [2.45, 2.75) is 44.0 Å². The average Bonchev–Trinajstić information content (AvgIpc) is 2.94. The largest absolute Gasteiger partial charge is 0.493 e. The van der Waals surface area contributed by atoms with Gasteiger partial charge in [0.1, 0.15) is 11.0 Å². The first kappa shape index (κ1) is 29.6. The maximum atomic E-state index is 13.1. The molecule has 1 aromatic heterocycles. The summed E-state index contributed by atoms with van der Waals surface area (Å²) in [4.78, 5) is 26.3. The van der Waals surface area contributed by atoms with Crippen LogP contribution in [0.5, 0.6) is 11.5 Å². The molecule has 0 aliphatic rings. The number of rotatable bonds is 14. The number of carbonyl (C=O) groups excluding carboxylic acids is 1. The van der Waals surface area contributed by atoms with E-state index in [9.17, 15) is 4.79 Å². The minimum absolute atomic E-state index is 0.0200. The fraction of sp³-hybridized carbons (Fsp3) is 0.414. The van der Waals surface area contributed by atoms with Crippen LogP contribution in [0.3, 0.4) is 0 Å². The van der Waals surface area contributed by atoms with Crippen molar-refractivity contribution in [3.8, 4) is 11.5 Å². The number of nitrogens with zero attached hydrogens (tertiary/aromatic N) is 4. The van der Waals surface area contributed by atoms with Crippen molar-refractivity contribution in [3.05, 3.63) is 70.4 Å². The number of ether oxygens (including phenoxy) is 2. The quantitative estimate of drug-likeness (QED) is 0.130. The zero-order valence-electron chi connectivity index (χ0n) is 22.9. The first-order chi connectivity index (χ1) is 18.4. The topological polar surface area (TPSA) is 67.8 Å². The van der Waals surface area contributed by atoms with Crippen LogP contribution in [0.4, 0.5) is 5.82 Å². The van der Waals surface area contributed by atoms with Gasteiger partial charge in [0.05, 0.1) is 14.2 Å². The number of hydrogen-bond acceptors (Lipinski definition) is 7. The van der Waals surface area contributed by atoms with Crippen LogP contribution in [-0.2, 0) is 12.2 Å². The van der Waals surface area contributed by atoms with Gasteiger partial charge in [0.15, 0.2) is 16.7 Å². The second-order valence-electron chi connectivity index (χ2n) is 8.97. The molecule has 0 saturated carbocycles. The van der Waals surface area contributed by atoms with Crippen molar-refractivity contribution in [2.24, 2.45) is 0 Å². The van der Waals surface area contributed by atoms with Gasteiger partial charge in [-0.1, -0.05) is 55.4 Å². The van der Waals surface area contributed by atoms with E-state index in [-0.39, 0.29) is 5.91 Å². The lowest BCUT2D eigenvalue weighted by atomic mass is 10.1. The SMILES string of the molecule is CCCN(CCC)c1cc(Cl)nc(SCc2cccc(C(=O)N(C)CCc3ccc(OC)c(OC)c3)c2)n1. The molecule has 0 spiro atoms. The van der Waals surface area contributed by atoms with Crippen LogP contribution in [0.2, 0.25) is 5.15 Å². The van der Waals surface area contributed by atoms with Gasteiger partial charge in [0.25, 0.3) is 5.91 Å². The van der Waals surface area contributed by atoms with E-state index in [2.05, 4.69) is 23.7 Å². The Morgan fingerprint density at radius 2 is 1.66 bits per heavy atom. The second kappa shape index (κ2) is 14.8. The molecule has 2 aromatic carbocycles. The second-order valence-corrected chi connectivity index (χ2v) is 10.3. The summed E-state index contributed by atoms with van der Waals surface area (Å²) in [6.07, 6.45) is 2.78. The third-order valence-corrected chi connectivity index (χ3v) is 7.16. The standard InChI is InChI=1S/C29H37ClN4O3S/c1-6-14-34(15-7-2)27-19-26(30)31-29(32-27)38-20-22-9-8-10-23(17-22)28(35)33(3)16-13-21-11-12-24(36-4)25(18-21)37-5/h8-12,17-19H,6-7,13-16,20H2,1-5H3. The lowest BCUT2D eigenvalue weighted by Crippen LogP contribution is -2.28. The van der Waals surface area contributed by atoms with Gasteiger partial charge < -0.3 is 19.3 Å². The van der Waals surface area contributed by atoms with Gasteiger partial charge in [0.2, 0.25) is 0 Å². The molecule has 3 aromatic rings. The molecule has 204 valence electrons. The van der Waals surface area contributed by atoms with E-state index in [0.29, 0.717) is 46.1 Å². The minimum Gasteiger partial charge on any atom is -0.493 e. The van der Waals surface area contributed by atoms with Crippen LogP contribution >= 0.6 is 23.4 Å². The molecule has 9 heteroatoms. The van der Waals surface area contributed by atoms with E-state index >= 15 is 0 Å². The molecule has 0 aliphatic carbocycles. The molecule has 1 heterocycles. The van der Waals surface area contributed by atoms with E-state index in [0.717, 1.165) is 42.9 Å². The van der Waals surface area contributed by atoms with Crippen LogP contribution in [0.15, 0.2) is 53.7 Å². The molecule has 0 bridgehead atoms. The van der Waals surface area contributed by atoms with Crippen molar-refractivity contribution in [2.75, 3.05) is 45.8 Å². The fourth-order valence-electron chi connectivity index (χ4n) is 4.09. The van der Waals surface area contributed by atoms with Gasteiger partial charge >= 0.3 is 0 Å². The Morgan fingerprint density at radius 1 is 0.921 bits per heavy atom. The highest BCUT2D eigenvalue weighted by molar-refractivity contribution is 7.98. The number of halogens is 1. The number of methoxy groups -OCH3 is 2. The van der Waals surface area contributed by atoms with Gasteiger partial charge in [-0.25, -0.2) is 9.97 Å². The maximum Gasteiger partial charge on any atom is 0.253 e. The molecule has 0 radical (unpaired) electrons. The number of hydrogen-bond donors (Lipinski definition) is 0. The molecule has 0 N–H and O–H groups in total.